The van der Waals surface area contributed by atoms with Crippen molar-refractivity contribution < 1.29 is 0 Å². The zero-order valence-electron chi connectivity index (χ0n) is 10.5. The van der Waals surface area contributed by atoms with E-state index in [0.29, 0.717) is 5.92 Å². The summed E-state index contributed by atoms with van der Waals surface area (Å²) < 4.78 is 0. The first-order valence-electron chi connectivity index (χ1n) is 6.04. The van der Waals surface area contributed by atoms with Crippen molar-refractivity contribution in [2.24, 2.45) is 0 Å². The first kappa shape index (κ1) is 11.7. The maximum Gasteiger partial charge on any atom is 0.00733 e. The van der Waals surface area contributed by atoms with Crippen LogP contribution < -0.4 is 0 Å². The van der Waals surface area contributed by atoms with E-state index in [0.717, 1.165) is 0 Å². The van der Waals surface area contributed by atoms with Crippen LogP contribution in [-0.2, 0) is 0 Å². The monoisotopic (exact) mass is 222 g/mol. The number of allylic oxidation sites excluding steroid dienone is 1. The van der Waals surface area contributed by atoms with Crippen molar-refractivity contribution >= 4 is 0 Å². The van der Waals surface area contributed by atoms with Gasteiger partial charge in [0.15, 0.2) is 0 Å². The fourth-order valence-corrected chi connectivity index (χ4v) is 2.41. The van der Waals surface area contributed by atoms with E-state index in [1.165, 1.54) is 22.3 Å². The summed E-state index contributed by atoms with van der Waals surface area (Å²) in [6.07, 6.45) is 1.75. The molecule has 0 heterocycles. The summed E-state index contributed by atoms with van der Waals surface area (Å²) in [5.74, 6) is 0.558. The Morgan fingerprint density at radius 2 is 1.24 bits per heavy atom. The number of benzene rings is 2. The van der Waals surface area contributed by atoms with Gasteiger partial charge in [0.1, 0.15) is 0 Å². The van der Waals surface area contributed by atoms with Gasteiger partial charge in [-0.3, -0.25) is 0 Å². The summed E-state index contributed by atoms with van der Waals surface area (Å²) in [4.78, 5) is 0. The molecular weight excluding hydrogens is 204 g/mol. The van der Waals surface area contributed by atoms with Crippen LogP contribution in [0.15, 0.2) is 61.2 Å². The normalized spacial score (nSPS) is 12.1. The van der Waals surface area contributed by atoms with Crippen molar-refractivity contribution in [1.82, 2.24) is 0 Å². The lowest BCUT2D eigenvalue weighted by atomic mass is 10.00. The zero-order chi connectivity index (χ0) is 12.3. The molecule has 2 aromatic carbocycles. The molecule has 0 N–H and O–H groups in total. The summed E-state index contributed by atoms with van der Waals surface area (Å²) in [7, 11) is 0. The maximum atomic E-state index is 3.36. The lowest BCUT2D eigenvalue weighted by Gasteiger charge is -2.04. The quantitative estimate of drug-likeness (QED) is 0.549. The van der Waals surface area contributed by atoms with Crippen LogP contribution in [0.25, 0.3) is 11.1 Å². The molecule has 0 unspecified atom stereocenters. The van der Waals surface area contributed by atoms with Crippen LogP contribution >= 0.6 is 0 Å². The Labute approximate surface area is 104 Å². The van der Waals surface area contributed by atoms with Gasteiger partial charge in [0.25, 0.3) is 0 Å². The third kappa shape index (κ3) is 2.03. The SMILES string of the molecule is C=CC.CC1c2ccccc2-c2ccccc21. The summed E-state index contributed by atoms with van der Waals surface area (Å²) in [6.45, 7) is 7.53. The van der Waals surface area contributed by atoms with Gasteiger partial charge in [-0.2, -0.15) is 0 Å². The average molecular weight is 222 g/mol. The Kier molecular flexibility index (Phi) is 3.43. The molecule has 2 aromatic rings. The van der Waals surface area contributed by atoms with Crippen LogP contribution in [0.2, 0.25) is 0 Å². The predicted molar refractivity (Wildman–Crippen MR) is 75.3 cm³/mol. The highest BCUT2D eigenvalue weighted by Crippen LogP contribution is 2.43. The Balaban J connectivity index is 0.000000329. The molecule has 86 valence electrons. The summed E-state index contributed by atoms with van der Waals surface area (Å²) in [6, 6.07) is 17.4. The van der Waals surface area contributed by atoms with Crippen molar-refractivity contribution in [2.45, 2.75) is 19.8 Å². The molecule has 0 bridgehead atoms. The summed E-state index contributed by atoms with van der Waals surface area (Å²) in [5, 5.41) is 0. The number of hydrogen-bond donors (Lipinski definition) is 0. The Morgan fingerprint density at radius 1 is 0.882 bits per heavy atom. The first-order chi connectivity index (χ1) is 8.29. The van der Waals surface area contributed by atoms with E-state index in [1.54, 1.807) is 6.08 Å². The highest BCUT2D eigenvalue weighted by Gasteiger charge is 2.23. The standard InChI is InChI=1S/C14H12.C3H6/c1-10-11-6-2-4-8-13(11)14-9-5-3-7-12(10)14;1-3-2/h2-10H,1H3;3H,1H2,2H3. The molecule has 0 fully saturated rings. The molecule has 0 nitrogen and oxygen atoms in total. The van der Waals surface area contributed by atoms with Gasteiger partial charge in [-0.25, -0.2) is 0 Å². The lowest BCUT2D eigenvalue weighted by molar-refractivity contribution is 0.957. The molecule has 0 aliphatic heterocycles. The van der Waals surface area contributed by atoms with Crippen LogP contribution in [0.5, 0.6) is 0 Å². The van der Waals surface area contributed by atoms with Gasteiger partial charge in [0, 0.05) is 5.92 Å². The van der Waals surface area contributed by atoms with E-state index < -0.39 is 0 Å². The van der Waals surface area contributed by atoms with Gasteiger partial charge in [-0.15, -0.1) is 6.58 Å². The third-order valence-electron chi connectivity index (χ3n) is 3.14. The molecule has 0 spiro atoms. The van der Waals surface area contributed by atoms with Crippen molar-refractivity contribution in [3.63, 3.8) is 0 Å². The Morgan fingerprint density at radius 3 is 1.65 bits per heavy atom. The molecule has 0 aromatic heterocycles. The van der Waals surface area contributed by atoms with E-state index in [9.17, 15) is 0 Å². The smallest absolute Gasteiger partial charge is 0.00733 e. The van der Waals surface area contributed by atoms with E-state index in [4.69, 9.17) is 0 Å². The first-order valence-corrected chi connectivity index (χ1v) is 6.04. The molecule has 0 amide bonds. The second kappa shape index (κ2) is 5.01. The number of hydrogen-bond acceptors (Lipinski definition) is 0. The van der Waals surface area contributed by atoms with Crippen LogP contribution in [0.3, 0.4) is 0 Å². The van der Waals surface area contributed by atoms with Crippen molar-refractivity contribution in [3.8, 4) is 11.1 Å². The average Bonchev–Trinajstić information content (AvgIpc) is 2.66. The number of fused-ring (bicyclic) bond motifs is 3. The topological polar surface area (TPSA) is 0 Å². The van der Waals surface area contributed by atoms with Gasteiger partial charge in [0.05, 0.1) is 0 Å². The second-order valence-electron chi connectivity index (χ2n) is 4.30. The lowest BCUT2D eigenvalue weighted by Crippen LogP contribution is -1.87. The van der Waals surface area contributed by atoms with Gasteiger partial charge in [-0.1, -0.05) is 61.5 Å². The van der Waals surface area contributed by atoms with Gasteiger partial charge < -0.3 is 0 Å². The van der Waals surface area contributed by atoms with Gasteiger partial charge in [0.2, 0.25) is 0 Å². The molecule has 3 rings (SSSR count). The van der Waals surface area contributed by atoms with E-state index >= 15 is 0 Å². The van der Waals surface area contributed by atoms with Gasteiger partial charge in [-0.05, 0) is 29.2 Å². The highest BCUT2D eigenvalue weighted by molar-refractivity contribution is 5.78. The predicted octanol–water partition coefficient (Wildman–Crippen LogP) is 5.01. The maximum absolute atomic E-state index is 3.36. The minimum atomic E-state index is 0.558. The Hall–Kier alpha value is -1.82. The molecule has 1 aliphatic rings. The molecule has 0 saturated carbocycles. The zero-order valence-corrected chi connectivity index (χ0v) is 10.5. The van der Waals surface area contributed by atoms with Crippen molar-refractivity contribution in [1.29, 1.82) is 0 Å². The minimum Gasteiger partial charge on any atom is -0.103 e. The highest BCUT2D eigenvalue weighted by atomic mass is 14.3. The fraction of sp³-hybridized carbons (Fsp3) is 0.176. The Bertz CT molecular complexity index is 478. The molecule has 0 saturated heterocycles. The summed E-state index contributed by atoms with van der Waals surface area (Å²) >= 11 is 0. The molecule has 0 atom stereocenters. The van der Waals surface area contributed by atoms with Crippen molar-refractivity contribution in [3.05, 3.63) is 72.3 Å². The molecular formula is C17H18. The molecule has 0 radical (unpaired) electrons. The largest absolute Gasteiger partial charge is 0.103 e. The summed E-state index contributed by atoms with van der Waals surface area (Å²) in [5.41, 5.74) is 5.76. The third-order valence-corrected chi connectivity index (χ3v) is 3.14. The van der Waals surface area contributed by atoms with Crippen LogP contribution in [-0.4, -0.2) is 0 Å². The van der Waals surface area contributed by atoms with E-state index in [2.05, 4.69) is 62.0 Å². The van der Waals surface area contributed by atoms with Crippen LogP contribution in [0, 0.1) is 0 Å². The van der Waals surface area contributed by atoms with E-state index in [-0.39, 0.29) is 0 Å². The minimum absolute atomic E-state index is 0.558. The van der Waals surface area contributed by atoms with E-state index in [1.807, 2.05) is 6.92 Å². The second-order valence-corrected chi connectivity index (χ2v) is 4.30. The molecule has 17 heavy (non-hydrogen) atoms. The molecule has 1 aliphatic carbocycles. The van der Waals surface area contributed by atoms with Crippen LogP contribution in [0.1, 0.15) is 30.9 Å². The van der Waals surface area contributed by atoms with Crippen molar-refractivity contribution in [2.75, 3.05) is 0 Å². The van der Waals surface area contributed by atoms with Crippen LogP contribution in [0.4, 0.5) is 0 Å². The van der Waals surface area contributed by atoms with Gasteiger partial charge >= 0.3 is 0 Å². The molecule has 0 heteroatoms. The number of rotatable bonds is 0. The fourth-order valence-electron chi connectivity index (χ4n) is 2.41.